The van der Waals surface area contributed by atoms with Crippen LogP contribution in [0.2, 0.25) is 0 Å². The molecule has 2 heterocycles. The van der Waals surface area contributed by atoms with Crippen LogP contribution in [0.25, 0.3) is 67.2 Å². The Hall–Kier alpha value is -5.61. The van der Waals surface area contributed by atoms with Gasteiger partial charge in [0.25, 0.3) is 0 Å². The maximum absolute atomic E-state index is 6.32. The Kier molecular flexibility index (Phi) is 5.42. The van der Waals surface area contributed by atoms with Crippen LogP contribution in [-0.2, 0) is 0 Å². The van der Waals surface area contributed by atoms with E-state index < -0.39 is 0 Å². The van der Waals surface area contributed by atoms with Crippen molar-refractivity contribution in [2.45, 2.75) is 0 Å². The lowest BCUT2D eigenvalue weighted by Gasteiger charge is -2.21. The largest absolute Gasteiger partial charge is 0.456 e. The molecule has 0 atom stereocenters. The highest BCUT2D eigenvalue weighted by molar-refractivity contribution is 6.04. The molecular formula is C37H23N3O. The van der Waals surface area contributed by atoms with E-state index in [0.717, 1.165) is 55.7 Å². The lowest BCUT2D eigenvalue weighted by atomic mass is 9.93. The van der Waals surface area contributed by atoms with Gasteiger partial charge >= 0.3 is 0 Å². The Labute approximate surface area is 237 Å². The van der Waals surface area contributed by atoms with Gasteiger partial charge in [-0.05, 0) is 46.3 Å². The van der Waals surface area contributed by atoms with Crippen LogP contribution < -0.4 is 4.74 Å². The average molecular weight is 526 g/mol. The van der Waals surface area contributed by atoms with Gasteiger partial charge in [-0.2, -0.15) is 0 Å². The molecule has 0 N–H and O–H groups in total. The van der Waals surface area contributed by atoms with Crippen molar-refractivity contribution in [2.24, 2.45) is 0 Å². The maximum Gasteiger partial charge on any atom is 0.164 e. The molecule has 1 aliphatic heterocycles. The first kappa shape index (κ1) is 23.3. The number of rotatable bonds is 4. The summed E-state index contributed by atoms with van der Waals surface area (Å²) in [7, 11) is 0. The van der Waals surface area contributed by atoms with Gasteiger partial charge in [-0.25, -0.2) is 15.0 Å². The van der Waals surface area contributed by atoms with Crippen molar-refractivity contribution >= 4 is 10.8 Å². The number of hydrogen-bond donors (Lipinski definition) is 0. The van der Waals surface area contributed by atoms with Crippen molar-refractivity contribution in [2.75, 3.05) is 0 Å². The molecule has 0 saturated carbocycles. The predicted molar refractivity (Wildman–Crippen MR) is 165 cm³/mol. The number of benzene rings is 6. The van der Waals surface area contributed by atoms with Crippen molar-refractivity contribution in [1.29, 1.82) is 0 Å². The minimum Gasteiger partial charge on any atom is -0.456 e. The number of aromatic nitrogens is 3. The van der Waals surface area contributed by atoms with Crippen molar-refractivity contribution in [1.82, 2.24) is 15.0 Å². The quantitative estimate of drug-likeness (QED) is 0.230. The molecule has 1 aromatic heterocycles. The summed E-state index contributed by atoms with van der Waals surface area (Å²) in [6, 6.07) is 47.5. The molecule has 8 rings (SSSR count). The number of hydrogen-bond acceptors (Lipinski definition) is 4. The lowest BCUT2D eigenvalue weighted by molar-refractivity contribution is 0.487. The summed E-state index contributed by atoms with van der Waals surface area (Å²) < 4.78 is 6.32. The van der Waals surface area contributed by atoms with E-state index in [4.69, 9.17) is 19.7 Å². The minimum atomic E-state index is 0.620. The SMILES string of the molecule is c1ccc(-c2ccc(-c3nc(-c4ccccc4)nc(-c4ccc5c(c4)-c4cccc6cccc(c46)O5)n3)cc2)cc1. The molecule has 1 aliphatic rings. The van der Waals surface area contributed by atoms with Crippen molar-refractivity contribution in [3.05, 3.63) is 140 Å². The van der Waals surface area contributed by atoms with E-state index in [0.29, 0.717) is 17.5 Å². The monoisotopic (exact) mass is 525 g/mol. The van der Waals surface area contributed by atoms with Crippen molar-refractivity contribution < 1.29 is 4.74 Å². The zero-order valence-electron chi connectivity index (χ0n) is 22.0. The van der Waals surface area contributed by atoms with E-state index >= 15 is 0 Å². The molecule has 0 radical (unpaired) electrons. The Morgan fingerprint density at radius 2 is 0.902 bits per heavy atom. The molecular weight excluding hydrogens is 502 g/mol. The summed E-state index contributed by atoms with van der Waals surface area (Å²) >= 11 is 0. The highest BCUT2D eigenvalue weighted by atomic mass is 16.5. The molecule has 41 heavy (non-hydrogen) atoms. The molecule has 192 valence electrons. The van der Waals surface area contributed by atoms with Crippen LogP contribution in [0.4, 0.5) is 0 Å². The molecule has 6 aromatic carbocycles. The second-order valence-corrected chi connectivity index (χ2v) is 10.1. The first-order valence-corrected chi connectivity index (χ1v) is 13.6. The molecule has 0 spiro atoms. The van der Waals surface area contributed by atoms with Crippen LogP contribution in [0.3, 0.4) is 0 Å². The first-order chi connectivity index (χ1) is 20.3. The number of nitrogens with zero attached hydrogens (tertiary/aromatic N) is 3. The van der Waals surface area contributed by atoms with Crippen LogP contribution in [0.5, 0.6) is 11.5 Å². The zero-order valence-corrected chi connectivity index (χ0v) is 22.0. The van der Waals surface area contributed by atoms with Gasteiger partial charge in [0.1, 0.15) is 11.5 Å². The van der Waals surface area contributed by atoms with Gasteiger partial charge < -0.3 is 4.74 Å². The predicted octanol–water partition coefficient (Wildman–Crippen LogP) is 9.47. The molecule has 7 aromatic rings. The molecule has 0 aliphatic carbocycles. The number of ether oxygens (including phenoxy) is 1. The van der Waals surface area contributed by atoms with Gasteiger partial charge in [0.05, 0.1) is 0 Å². The maximum atomic E-state index is 6.32. The van der Waals surface area contributed by atoms with Gasteiger partial charge in [-0.3, -0.25) is 0 Å². The second kappa shape index (κ2) is 9.54. The van der Waals surface area contributed by atoms with Crippen LogP contribution in [-0.4, -0.2) is 15.0 Å². The fourth-order valence-electron chi connectivity index (χ4n) is 5.50. The standard InChI is InChI=1S/C37H23N3O/c1-3-9-24(10-4-1)25-17-19-28(20-18-25)36-38-35(27-11-5-2-6-12-27)39-37(40-36)29-21-22-32-31(23-29)30-15-7-13-26-14-8-16-33(41-32)34(26)30/h1-23H. The van der Waals surface area contributed by atoms with Gasteiger partial charge in [0, 0.05) is 27.6 Å². The van der Waals surface area contributed by atoms with Gasteiger partial charge in [0.15, 0.2) is 17.5 Å². The van der Waals surface area contributed by atoms with Crippen LogP contribution in [0.15, 0.2) is 140 Å². The van der Waals surface area contributed by atoms with E-state index in [2.05, 4.69) is 78.9 Å². The fourth-order valence-corrected chi connectivity index (χ4v) is 5.50. The van der Waals surface area contributed by atoms with Gasteiger partial charge in [-0.1, -0.05) is 115 Å². The van der Waals surface area contributed by atoms with E-state index in [1.807, 2.05) is 60.7 Å². The molecule has 4 nitrogen and oxygen atoms in total. The molecule has 0 bridgehead atoms. The molecule has 4 heteroatoms. The molecule has 0 saturated heterocycles. The van der Waals surface area contributed by atoms with Crippen molar-refractivity contribution in [3.8, 4) is 67.9 Å². The summed E-state index contributed by atoms with van der Waals surface area (Å²) in [6.07, 6.45) is 0. The minimum absolute atomic E-state index is 0.620. The van der Waals surface area contributed by atoms with E-state index in [1.54, 1.807) is 0 Å². The van der Waals surface area contributed by atoms with Gasteiger partial charge in [0.2, 0.25) is 0 Å². The Balaban J connectivity index is 1.27. The van der Waals surface area contributed by atoms with Gasteiger partial charge in [-0.15, -0.1) is 0 Å². The third-order valence-electron chi connectivity index (χ3n) is 7.53. The Morgan fingerprint density at radius 1 is 0.366 bits per heavy atom. The Morgan fingerprint density at radius 3 is 1.61 bits per heavy atom. The topological polar surface area (TPSA) is 47.9 Å². The summed E-state index contributed by atoms with van der Waals surface area (Å²) in [6.45, 7) is 0. The smallest absolute Gasteiger partial charge is 0.164 e. The summed E-state index contributed by atoms with van der Waals surface area (Å²) in [5.74, 6) is 3.60. The zero-order chi connectivity index (χ0) is 27.2. The highest BCUT2D eigenvalue weighted by Gasteiger charge is 2.21. The number of fused-ring (bicyclic) bond motifs is 2. The second-order valence-electron chi connectivity index (χ2n) is 10.1. The van der Waals surface area contributed by atoms with E-state index in [9.17, 15) is 0 Å². The van der Waals surface area contributed by atoms with Crippen LogP contribution in [0.1, 0.15) is 0 Å². The van der Waals surface area contributed by atoms with Crippen LogP contribution in [0, 0.1) is 0 Å². The third-order valence-corrected chi connectivity index (χ3v) is 7.53. The molecule has 0 amide bonds. The summed E-state index contributed by atoms with van der Waals surface area (Å²) in [5.41, 5.74) is 7.29. The van der Waals surface area contributed by atoms with Crippen molar-refractivity contribution in [3.63, 3.8) is 0 Å². The lowest BCUT2D eigenvalue weighted by Crippen LogP contribution is -2.01. The highest BCUT2D eigenvalue weighted by Crippen LogP contribution is 2.47. The van der Waals surface area contributed by atoms with E-state index in [-0.39, 0.29) is 0 Å². The van der Waals surface area contributed by atoms with Crippen LogP contribution >= 0.6 is 0 Å². The van der Waals surface area contributed by atoms with E-state index in [1.165, 1.54) is 5.56 Å². The average Bonchev–Trinajstić information content (AvgIpc) is 3.05. The summed E-state index contributed by atoms with van der Waals surface area (Å²) in [5, 5.41) is 2.28. The fraction of sp³-hybridized carbons (Fsp3) is 0. The third kappa shape index (κ3) is 4.14. The first-order valence-electron chi connectivity index (χ1n) is 13.6. The normalized spacial score (nSPS) is 11.6. The molecule has 0 fully saturated rings. The summed E-state index contributed by atoms with van der Waals surface area (Å²) in [4.78, 5) is 14.8. The molecule has 0 unspecified atom stereocenters. The Bertz CT molecular complexity index is 2050.